The smallest absolute Gasteiger partial charge is 0.410 e. The molecule has 0 bridgehead atoms. The summed E-state index contributed by atoms with van der Waals surface area (Å²) in [7, 11) is 0. The Balaban J connectivity index is 1.42. The molecule has 1 aliphatic heterocycles. The van der Waals surface area contributed by atoms with Crippen molar-refractivity contribution in [3.8, 4) is 17.5 Å². The summed E-state index contributed by atoms with van der Waals surface area (Å²) in [6.07, 6.45) is 7.30. The Kier molecular flexibility index (Phi) is 7.55. The van der Waals surface area contributed by atoms with Crippen LogP contribution in [0.3, 0.4) is 0 Å². The molecule has 2 fully saturated rings. The highest BCUT2D eigenvalue weighted by Gasteiger charge is 2.30. The van der Waals surface area contributed by atoms with Crippen LogP contribution in [0.5, 0.6) is 0 Å². The second-order valence-electron chi connectivity index (χ2n) is 11.3. The molecule has 39 heavy (non-hydrogen) atoms. The number of piperazine rings is 1. The number of anilines is 2. The molecule has 4 heterocycles. The Bertz CT molecular complexity index is 1360. The number of nitrogens with zero attached hydrogens (tertiary/aromatic N) is 7. The maximum absolute atomic E-state index is 16.0. The number of hydrogen-bond acceptors (Lipinski definition) is 8. The molecule has 0 atom stereocenters. The average Bonchev–Trinajstić information content (AvgIpc) is 3.34. The van der Waals surface area contributed by atoms with E-state index < -0.39 is 11.4 Å². The van der Waals surface area contributed by atoms with Crippen molar-refractivity contribution in [1.29, 1.82) is 5.26 Å². The van der Waals surface area contributed by atoms with E-state index in [0.717, 1.165) is 31.2 Å². The zero-order valence-electron chi connectivity index (χ0n) is 22.7. The van der Waals surface area contributed by atoms with Crippen molar-refractivity contribution >= 4 is 23.2 Å². The van der Waals surface area contributed by atoms with Gasteiger partial charge in [0.15, 0.2) is 17.5 Å². The van der Waals surface area contributed by atoms with Gasteiger partial charge in [-0.05, 0) is 64.5 Å². The van der Waals surface area contributed by atoms with E-state index in [0.29, 0.717) is 49.9 Å². The summed E-state index contributed by atoms with van der Waals surface area (Å²) in [6, 6.07) is 8.07. The van der Waals surface area contributed by atoms with Gasteiger partial charge in [-0.1, -0.05) is 6.07 Å². The van der Waals surface area contributed by atoms with E-state index in [1.165, 1.54) is 0 Å². The Labute approximate surface area is 227 Å². The maximum atomic E-state index is 16.0. The van der Waals surface area contributed by atoms with Crippen LogP contribution in [0, 0.1) is 23.1 Å². The van der Waals surface area contributed by atoms with Crippen molar-refractivity contribution in [2.45, 2.75) is 64.5 Å². The Morgan fingerprint density at radius 1 is 1.15 bits per heavy atom. The number of fused-ring (bicyclic) bond motifs is 1. The second kappa shape index (κ2) is 11.0. The fourth-order valence-electron chi connectivity index (χ4n) is 5.23. The summed E-state index contributed by atoms with van der Waals surface area (Å²) in [5.41, 5.74) is 0.961. The largest absolute Gasteiger partial charge is 0.444 e. The molecule has 1 aliphatic carbocycles. The van der Waals surface area contributed by atoms with Gasteiger partial charge >= 0.3 is 6.09 Å². The van der Waals surface area contributed by atoms with E-state index in [1.807, 2.05) is 50.1 Å². The highest BCUT2D eigenvalue weighted by molar-refractivity contribution is 5.77. The number of pyridine rings is 1. The zero-order valence-corrected chi connectivity index (χ0v) is 22.7. The van der Waals surface area contributed by atoms with Gasteiger partial charge in [-0.25, -0.2) is 19.3 Å². The number of nitrogens with one attached hydrogen (secondary N) is 1. The third-order valence-electron chi connectivity index (χ3n) is 7.30. The summed E-state index contributed by atoms with van der Waals surface area (Å²) in [5, 5.41) is 16.8. The van der Waals surface area contributed by atoms with Crippen LogP contribution in [-0.2, 0) is 4.74 Å². The summed E-state index contributed by atoms with van der Waals surface area (Å²) in [6.45, 7) is 7.14. The number of carbonyl (C=O) groups excluding carboxylic acids is 1. The van der Waals surface area contributed by atoms with E-state index in [9.17, 15) is 4.79 Å². The molecule has 0 aromatic carbocycles. The molecule has 1 N–H and O–H groups in total. The quantitative estimate of drug-likeness (QED) is 0.493. The molecular formula is C28H35FN8O2. The lowest BCUT2D eigenvalue weighted by atomic mass is 9.84. The monoisotopic (exact) mass is 534 g/mol. The summed E-state index contributed by atoms with van der Waals surface area (Å²) in [5.74, 6) is 0.667. The Morgan fingerprint density at radius 3 is 2.59 bits per heavy atom. The van der Waals surface area contributed by atoms with Gasteiger partial charge in [0.25, 0.3) is 0 Å². The first-order valence-corrected chi connectivity index (χ1v) is 13.6. The number of carbonyl (C=O) groups is 1. The van der Waals surface area contributed by atoms with E-state index in [1.54, 1.807) is 15.6 Å². The number of halogens is 1. The highest BCUT2D eigenvalue weighted by atomic mass is 19.1. The SMILES string of the molecule is CC(C)(C)OC(=O)N1CCN(c2nc(-c3cnn4ccccc34)nc(N[C@H]3CC[C@H](CC#N)CC3)c2F)CC1. The molecule has 206 valence electrons. The van der Waals surface area contributed by atoms with E-state index in [4.69, 9.17) is 10.00 Å². The van der Waals surface area contributed by atoms with E-state index >= 15 is 4.39 Å². The van der Waals surface area contributed by atoms with Gasteiger partial charge in [0, 0.05) is 44.8 Å². The van der Waals surface area contributed by atoms with Crippen molar-refractivity contribution in [1.82, 2.24) is 24.5 Å². The Morgan fingerprint density at radius 2 is 1.90 bits per heavy atom. The predicted octanol–water partition coefficient (Wildman–Crippen LogP) is 4.87. The van der Waals surface area contributed by atoms with Gasteiger partial charge in [-0.3, -0.25) is 0 Å². The molecule has 0 radical (unpaired) electrons. The second-order valence-corrected chi connectivity index (χ2v) is 11.3. The number of ether oxygens (including phenoxy) is 1. The van der Waals surface area contributed by atoms with Crippen LogP contribution in [0.15, 0.2) is 30.6 Å². The van der Waals surface area contributed by atoms with Gasteiger partial charge in [0.2, 0.25) is 5.82 Å². The lowest BCUT2D eigenvalue weighted by molar-refractivity contribution is 0.0240. The van der Waals surface area contributed by atoms with Crippen molar-refractivity contribution < 1.29 is 13.9 Å². The molecule has 0 unspecified atom stereocenters. The lowest BCUT2D eigenvalue weighted by Crippen LogP contribution is -2.50. The third-order valence-corrected chi connectivity index (χ3v) is 7.30. The fourth-order valence-corrected chi connectivity index (χ4v) is 5.23. The van der Waals surface area contributed by atoms with Crippen LogP contribution in [0.4, 0.5) is 20.8 Å². The molecule has 1 saturated heterocycles. The molecule has 5 rings (SSSR count). The number of amides is 1. The first-order chi connectivity index (χ1) is 18.7. The first-order valence-electron chi connectivity index (χ1n) is 13.6. The van der Waals surface area contributed by atoms with Gasteiger partial charge in [0.05, 0.1) is 23.3 Å². The average molecular weight is 535 g/mol. The van der Waals surface area contributed by atoms with Crippen molar-refractivity contribution in [2.24, 2.45) is 5.92 Å². The minimum absolute atomic E-state index is 0.0676. The lowest BCUT2D eigenvalue weighted by Gasteiger charge is -2.36. The predicted molar refractivity (Wildman–Crippen MR) is 146 cm³/mol. The van der Waals surface area contributed by atoms with Crippen LogP contribution >= 0.6 is 0 Å². The fraction of sp³-hybridized carbons (Fsp3) is 0.536. The van der Waals surface area contributed by atoms with E-state index in [2.05, 4.69) is 26.5 Å². The van der Waals surface area contributed by atoms with Crippen LogP contribution in [0.1, 0.15) is 52.9 Å². The molecule has 11 heteroatoms. The number of aromatic nitrogens is 4. The minimum Gasteiger partial charge on any atom is -0.444 e. The first kappa shape index (κ1) is 26.7. The standard InChI is InChI=1S/C28H35FN8O2/c1-28(2,3)39-27(38)36-16-14-35(15-17-36)26-23(29)25(32-20-9-7-19(8-10-20)11-12-30)33-24(34-26)21-18-31-37-13-5-4-6-22(21)37/h4-6,13,18-20H,7-11,14-17H2,1-3H3,(H,32,33,34)/t19-,20-. The van der Waals surface area contributed by atoms with Gasteiger partial charge in [0.1, 0.15) is 5.60 Å². The molecule has 1 saturated carbocycles. The summed E-state index contributed by atoms with van der Waals surface area (Å²) < 4.78 is 23.3. The van der Waals surface area contributed by atoms with Crippen molar-refractivity contribution in [3.05, 3.63) is 36.4 Å². The third kappa shape index (κ3) is 6.05. The van der Waals surface area contributed by atoms with Crippen molar-refractivity contribution in [2.75, 3.05) is 36.4 Å². The summed E-state index contributed by atoms with van der Waals surface area (Å²) in [4.78, 5) is 25.4. The Hall–Kier alpha value is -3.94. The van der Waals surface area contributed by atoms with Crippen LogP contribution in [0.2, 0.25) is 0 Å². The molecule has 3 aromatic heterocycles. The van der Waals surface area contributed by atoms with Crippen molar-refractivity contribution in [3.63, 3.8) is 0 Å². The molecule has 2 aliphatic rings. The molecule has 3 aromatic rings. The molecule has 1 amide bonds. The highest BCUT2D eigenvalue weighted by Crippen LogP contribution is 2.33. The van der Waals surface area contributed by atoms with Gasteiger partial charge in [-0.2, -0.15) is 14.8 Å². The minimum atomic E-state index is -0.579. The number of nitriles is 1. The molecule has 0 spiro atoms. The normalized spacial score (nSPS) is 20.1. The topological polar surface area (TPSA) is 112 Å². The van der Waals surface area contributed by atoms with Crippen LogP contribution < -0.4 is 10.2 Å². The van der Waals surface area contributed by atoms with Gasteiger partial charge < -0.3 is 19.9 Å². The van der Waals surface area contributed by atoms with Gasteiger partial charge in [-0.15, -0.1) is 0 Å². The van der Waals surface area contributed by atoms with Crippen LogP contribution in [0.25, 0.3) is 16.9 Å². The number of hydrogen-bond donors (Lipinski definition) is 1. The maximum Gasteiger partial charge on any atom is 0.410 e. The molecular weight excluding hydrogens is 499 g/mol. The zero-order chi connectivity index (χ0) is 27.6. The van der Waals surface area contributed by atoms with E-state index in [-0.39, 0.29) is 23.8 Å². The molecule has 10 nitrogen and oxygen atoms in total. The van der Waals surface area contributed by atoms with Crippen LogP contribution in [-0.4, -0.2) is 68.4 Å². The number of rotatable bonds is 5. The summed E-state index contributed by atoms with van der Waals surface area (Å²) >= 11 is 0.